The van der Waals surface area contributed by atoms with E-state index in [4.69, 9.17) is 0 Å². The lowest BCUT2D eigenvalue weighted by Gasteiger charge is -2.26. The number of rotatable bonds is 5. The van der Waals surface area contributed by atoms with Crippen molar-refractivity contribution < 1.29 is 13.2 Å². The highest BCUT2D eigenvalue weighted by Crippen LogP contribution is 2.25. The molecule has 146 valence electrons. The van der Waals surface area contributed by atoms with Crippen LogP contribution in [-0.2, 0) is 10.0 Å². The van der Waals surface area contributed by atoms with Gasteiger partial charge < -0.3 is 9.88 Å². The van der Waals surface area contributed by atoms with Crippen molar-refractivity contribution in [3.63, 3.8) is 0 Å². The Hall–Kier alpha value is -2.42. The van der Waals surface area contributed by atoms with Crippen LogP contribution >= 0.6 is 11.3 Å². The molecule has 0 spiro atoms. The highest BCUT2D eigenvalue weighted by Gasteiger charge is 2.26. The lowest BCUT2D eigenvalue weighted by molar-refractivity contribution is 0.103. The number of benzene rings is 1. The molecule has 0 bridgehead atoms. The zero-order chi connectivity index (χ0) is 19.6. The minimum Gasteiger partial charge on any atom is -0.322 e. The van der Waals surface area contributed by atoms with Crippen molar-refractivity contribution in [3.05, 3.63) is 65.1 Å². The van der Waals surface area contributed by atoms with Gasteiger partial charge in [0.25, 0.3) is 5.91 Å². The molecule has 3 heterocycles. The minimum atomic E-state index is -3.54. The molecule has 1 aromatic carbocycles. The molecule has 1 fully saturated rings. The number of aromatic nitrogens is 1. The van der Waals surface area contributed by atoms with E-state index in [0.717, 1.165) is 24.9 Å². The summed E-state index contributed by atoms with van der Waals surface area (Å²) in [6, 6.07) is 12.2. The molecule has 0 saturated carbocycles. The van der Waals surface area contributed by atoms with Crippen LogP contribution in [0.25, 0.3) is 5.69 Å². The maximum atomic E-state index is 12.9. The highest BCUT2D eigenvalue weighted by molar-refractivity contribution is 7.89. The number of carbonyl (C=O) groups excluding carboxylic acids is 1. The fourth-order valence-corrected chi connectivity index (χ4v) is 5.70. The number of thiophene rings is 1. The van der Waals surface area contributed by atoms with Crippen LogP contribution in [0.2, 0.25) is 0 Å². The largest absolute Gasteiger partial charge is 0.322 e. The van der Waals surface area contributed by atoms with Gasteiger partial charge in [0.2, 0.25) is 10.0 Å². The monoisotopic (exact) mass is 415 g/mol. The Balaban J connectivity index is 1.56. The Morgan fingerprint density at radius 2 is 1.75 bits per heavy atom. The number of hydrogen-bond donors (Lipinski definition) is 1. The number of anilines is 1. The molecule has 28 heavy (non-hydrogen) atoms. The second-order valence-corrected chi connectivity index (χ2v) is 9.53. The summed E-state index contributed by atoms with van der Waals surface area (Å²) in [5.41, 5.74) is 1.26. The van der Waals surface area contributed by atoms with Crippen molar-refractivity contribution in [1.29, 1.82) is 0 Å². The lowest BCUT2D eigenvalue weighted by atomic mass is 10.2. The number of nitrogens with one attached hydrogen (secondary N) is 1. The summed E-state index contributed by atoms with van der Waals surface area (Å²) in [5, 5.41) is 4.70. The summed E-state index contributed by atoms with van der Waals surface area (Å²) >= 11 is 1.35. The fourth-order valence-electron chi connectivity index (χ4n) is 3.35. The number of carbonyl (C=O) groups is 1. The Bertz CT molecular complexity index is 1070. The molecule has 0 radical (unpaired) electrons. The molecule has 1 amide bonds. The van der Waals surface area contributed by atoms with Gasteiger partial charge in [-0.05, 0) is 54.6 Å². The van der Waals surface area contributed by atoms with E-state index in [2.05, 4.69) is 5.32 Å². The predicted octanol–water partition coefficient (Wildman–Crippen LogP) is 3.97. The molecule has 4 rings (SSSR count). The van der Waals surface area contributed by atoms with Gasteiger partial charge in [0, 0.05) is 31.2 Å². The van der Waals surface area contributed by atoms with E-state index >= 15 is 0 Å². The summed E-state index contributed by atoms with van der Waals surface area (Å²) < 4.78 is 29.2. The summed E-state index contributed by atoms with van der Waals surface area (Å²) in [5.74, 6) is -0.258. The SMILES string of the molecule is O=C(Nc1cccc(S(=O)(=O)N2CCCCC2)c1)c1sccc1-n1cccc1. The third kappa shape index (κ3) is 3.76. The topological polar surface area (TPSA) is 71.4 Å². The van der Waals surface area contributed by atoms with E-state index < -0.39 is 10.0 Å². The quantitative estimate of drug-likeness (QED) is 0.685. The molecule has 0 aliphatic carbocycles. The Kier molecular flexibility index (Phi) is 5.34. The van der Waals surface area contributed by atoms with Gasteiger partial charge in [-0.25, -0.2) is 8.42 Å². The van der Waals surface area contributed by atoms with Crippen LogP contribution in [0, 0.1) is 0 Å². The number of piperidine rings is 1. The van der Waals surface area contributed by atoms with E-state index in [1.807, 2.05) is 40.5 Å². The summed E-state index contributed by atoms with van der Waals surface area (Å²) in [6.07, 6.45) is 6.59. The van der Waals surface area contributed by atoms with Gasteiger partial charge in [0.1, 0.15) is 4.88 Å². The van der Waals surface area contributed by atoms with Gasteiger partial charge in [-0.1, -0.05) is 12.5 Å². The smallest absolute Gasteiger partial charge is 0.267 e. The highest BCUT2D eigenvalue weighted by atomic mass is 32.2. The minimum absolute atomic E-state index is 0.212. The fraction of sp³-hybridized carbons (Fsp3) is 0.250. The van der Waals surface area contributed by atoms with Crippen molar-refractivity contribution in [2.45, 2.75) is 24.2 Å². The molecule has 8 heteroatoms. The molecular formula is C20H21N3O3S2. The third-order valence-electron chi connectivity index (χ3n) is 4.78. The van der Waals surface area contributed by atoms with E-state index in [1.165, 1.54) is 21.7 Å². The summed E-state index contributed by atoms with van der Waals surface area (Å²) in [4.78, 5) is 13.6. The van der Waals surface area contributed by atoms with Gasteiger partial charge >= 0.3 is 0 Å². The van der Waals surface area contributed by atoms with Crippen molar-refractivity contribution in [3.8, 4) is 5.69 Å². The first kappa shape index (κ1) is 18.9. The van der Waals surface area contributed by atoms with Crippen LogP contribution in [0.15, 0.2) is 65.1 Å². The van der Waals surface area contributed by atoms with Crippen LogP contribution in [0.3, 0.4) is 0 Å². The number of amides is 1. The van der Waals surface area contributed by atoms with Crippen molar-refractivity contribution in [1.82, 2.24) is 8.87 Å². The van der Waals surface area contributed by atoms with E-state index in [0.29, 0.717) is 23.7 Å². The van der Waals surface area contributed by atoms with Gasteiger partial charge in [0.15, 0.2) is 0 Å². The Labute approximate surface area is 168 Å². The number of sulfonamides is 1. The van der Waals surface area contributed by atoms with E-state index in [9.17, 15) is 13.2 Å². The Morgan fingerprint density at radius 1 is 1.00 bits per heavy atom. The second kappa shape index (κ2) is 7.90. The average Bonchev–Trinajstić information content (AvgIpc) is 3.40. The third-order valence-corrected chi connectivity index (χ3v) is 7.58. The van der Waals surface area contributed by atoms with Gasteiger partial charge in [-0.2, -0.15) is 4.31 Å². The first-order valence-corrected chi connectivity index (χ1v) is 11.5. The average molecular weight is 416 g/mol. The molecular weight excluding hydrogens is 394 g/mol. The maximum absolute atomic E-state index is 12.9. The van der Waals surface area contributed by atoms with Gasteiger partial charge in [-0.3, -0.25) is 4.79 Å². The van der Waals surface area contributed by atoms with Crippen LogP contribution in [0.4, 0.5) is 5.69 Å². The van der Waals surface area contributed by atoms with Gasteiger partial charge in [-0.15, -0.1) is 11.3 Å². The van der Waals surface area contributed by atoms with Crippen molar-refractivity contribution >= 4 is 33.0 Å². The summed E-state index contributed by atoms with van der Waals surface area (Å²) in [6.45, 7) is 1.10. The first-order chi connectivity index (χ1) is 13.6. The zero-order valence-corrected chi connectivity index (χ0v) is 16.9. The van der Waals surface area contributed by atoms with Crippen molar-refractivity contribution in [2.75, 3.05) is 18.4 Å². The molecule has 3 aromatic rings. The number of nitrogens with zero attached hydrogens (tertiary/aromatic N) is 2. The van der Waals surface area contributed by atoms with Crippen LogP contribution in [0.5, 0.6) is 0 Å². The Morgan fingerprint density at radius 3 is 2.50 bits per heavy atom. The summed E-state index contributed by atoms with van der Waals surface area (Å²) in [7, 11) is -3.54. The van der Waals surface area contributed by atoms with Crippen LogP contribution in [-0.4, -0.2) is 36.3 Å². The first-order valence-electron chi connectivity index (χ1n) is 9.18. The predicted molar refractivity (Wildman–Crippen MR) is 111 cm³/mol. The van der Waals surface area contributed by atoms with Crippen molar-refractivity contribution in [2.24, 2.45) is 0 Å². The molecule has 6 nitrogen and oxygen atoms in total. The molecule has 0 unspecified atom stereocenters. The second-order valence-electron chi connectivity index (χ2n) is 6.67. The molecule has 2 aromatic heterocycles. The van der Waals surface area contributed by atoms with Crippen LogP contribution < -0.4 is 5.32 Å². The number of hydrogen-bond acceptors (Lipinski definition) is 4. The van der Waals surface area contributed by atoms with Crippen LogP contribution in [0.1, 0.15) is 28.9 Å². The molecule has 1 saturated heterocycles. The normalized spacial score (nSPS) is 15.4. The molecule has 1 N–H and O–H groups in total. The lowest BCUT2D eigenvalue weighted by Crippen LogP contribution is -2.35. The maximum Gasteiger partial charge on any atom is 0.267 e. The van der Waals surface area contributed by atoms with E-state index in [-0.39, 0.29) is 10.8 Å². The zero-order valence-electron chi connectivity index (χ0n) is 15.2. The standard InChI is InChI=1S/C20H21N3O3S2/c24-20(19-18(9-14-27-19)22-10-4-5-11-22)21-16-7-6-8-17(15-16)28(25,26)23-12-2-1-3-13-23/h4-11,14-15H,1-3,12-13H2,(H,21,24). The van der Waals surface area contributed by atoms with E-state index in [1.54, 1.807) is 18.2 Å². The molecule has 1 aliphatic heterocycles. The molecule has 0 atom stereocenters. The van der Waals surface area contributed by atoms with Gasteiger partial charge in [0.05, 0.1) is 10.6 Å². The molecule has 1 aliphatic rings.